The molecule has 19 heavy (non-hydrogen) atoms. The summed E-state index contributed by atoms with van der Waals surface area (Å²) in [5, 5.41) is 5.15. The van der Waals surface area contributed by atoms with Crippen LogP contribution in [0.15, 0.2) is 18.2 Å². The highest BCUT2D eigenvalue weighted by molar-refractivity contribution is 5.97. The second-order valence-corrected chi connectivity index (χ2v) is 5.22. The van der Waals surface area contributed by atoms with E-state index in [0.717, 1.165) is 6.07 Å². The number of halogens is 1. The van der Waals surface area contributed by atoms with E-state index < -0.39 is 11.7 Å². The molecule has 0 aliphatic carbocycles. The van der Waals surface area contributed by atoms with E-state index in [1.165, 1.54) is 12.1 Å². The van der Waals surface area contributed by atoms with Gasteiger partial charge in [0, 0.05) is 11.1 Å². The normalized spacial score (nSPS) is 10.9. The first-order chi connectivity index (χ1) is 8.69. The second-order valence-electron chi connectivity index (χ2n) is 5.22. The van der Waals surface area contributed by atoms with E-state index in [1.54, 1.807) is 0 Å². The number of amides is 2. The molecule has 0 fully saturated rings. The first kappa shape index (κ1) is 14.9. The highest BCUT2D eigenvalue weighted by Crippen LogP contribution is 2.11. The van der Waals surface area contributed by atoms with Gasteiger partial charge in [-0.25, -0.2) is 4.39 Å². The Morgan fingerprint density at radius 3 is 2.47 bits per heavy atom. The molecule has 2 amide bonds. The van der Waals surface area contributed by atoms with Gasteiger partial charge in [0.05, 0.1) is 12.2 Å². The zero-order valence-electron chi connectivity index (χ0n) is 11.2. The summed E-state index contributed by atoms with van der Waals surface area (Å²) in [4.78, 5) is 23.2. The summed E-state index contributed by atoms with van der Waals surface area (Å²) in [6.07, 6.45) is 0. The van der Waals surface area contributed by atoms with Crippen LogP contribution in [0.25, 0.3) is 0 Å². The molecule has 0 radical (unpaired) electrons. The van der Waals surface area contributed by atoms with Gasteiger partial charge in [-0.15, -0.1) is 0 Å². The van der Waals surface area contributed by atoms with Crippen LogP contribution in [-0.2, 0) is 4.79 Å². The van der Waals surface area contributed by atoms with Crippen molar-refractivity contribution in [1.29, 1.82) is 0 Å². The Labute approximate surface area is 111 Å². The van der Waals surface area contributed by atoms with Gasteiger partial charge in [-0.05, 0) is 39.0 Å². The van der Waals surface area contributed by atoms with Gasteiger partial charge in [-0.1, -0.05) is 0 Å². The summed E-state index contributed by atoms with van der Waals surface area (Å²) in [5.41, 5.74) is 5.11. The van der Waals surface area contributed by atoms with Gasteiger partial charge in [0.2, 0.25) is 5.91 Å². The topological polar surface area (TPSA) is 84.2 Å². The molecule has 0 saturated heterocycles. The highest BCUT2D eigenvalue weighted by atomic mass is 19.1. The van der Waals surface area contributed by atoms with Gasteiger partial charge in [0.15, 0.2) is 0 Å². The standard InChI is InChI=1S/C13H18FN3O2/c1-13(2,3)17-11(18)7-16-12(19)8-4-5-9(14)10(15)6-8/h4-6H,7,15H2,1-3H3,(H,16,19)(H,17,18). The Morgan fingerprint density at radius 1 is 1.32 bits per heavy atom. The van der Waals surface area contributed by atoms with Crippen LogP contribution in [0.1, 0.15) is 31.1 Å². The number of rotatable bonds is 3. The summed E-state index contributed by atoms with van der Waals surface area (Å²) < 4.78 is 12.9. The van der Waals surface area contributed by atoms with Crippen LogP contribution in [0.4, 0.5) is 10.1 Å². The highest BCUT2D eigenvalue weighted by Gasteiger charge is 2.15. The summed E-state index contributed by atoms with van der Waals surface area (Å²) >= 11 is 0. The maximum atomic E-state index is 12.9. The number of hydrogen-bond acceptors (Lipinski definition) is 3. The molecule has 0 bridgehead atoms. The van der Waals surface area contributed by atoms with Crippen LogP contribution >= 0.6 is 0 Å². The van der Waals surface area contributed by atoms with Gasteiger partial charge in [-0.3, -0.25) is 9.59 Å². The van der Waals surface area contributed by atoms with Crippen molar-refractivity contribution in [3.05, 3.63) is 29.6 Å². The molecule has 5 nitrogen and oxygen atoms in total. The molecule has 1 aromatic rings. The number of hydrogen-bond donors (Lipinski definition) is 3. The van der Waals surface area contributed by atoms with Crippen molar-refractivity contribution >= 4 is 17.5 Å². The van der Waals surface area contributed by atoms with Crippen LogP contribution in [-0.4, -0.2) is 23.9 Å². The van der Waals surface area contributed by atoms with Crippen molar-refractivity contribution in [3.63, 3.8) is 0 Å². The molecule has 0 unspecified atom stereocenters. The molecule has 0 aromatic heterocycles. The number of anilines is 1. The summed E-state index contributed by atoms with van der Waals surface area (Å²) in [6, 6.07) is 3.65. The van der Waals surface area contributed by atoms with Gasteiger partial charge in [0.25, 0.3) is 5.91 Å². The van der Waals surface area contributed by atoms with E-state index in [1.807, 2.05) is 20.8 Å². The van der Waals surface area contributed by atoms with Gasteiger partial charge < -0.3 is 16.4 Å². The number of carbonyl (C=O) groups is 2. The Bertz CT molecular complexity index is 495. The molecule has 1 aromatic carbocycles. The predicted octanol–water partition coefficient (Wildman–Crippen LogP) is 1.05. The average Bonchev–Trinajstić information content (AvgIpc) is 2.27. The Hall–Kier alpha value is -2.11. The molecule has 0 saturated carbocycles. The zero-order valence-corrected chi connectivity index (χ0v) is 11.2. The van der Waals surface area contributed by atoms with Crippen LogP contribution < -0.4 is 16.4 Å². The SMILES string of the molecule is CC(C)(C)NC(=O)CNC(=O)c1ccc(F)c(N)c1. The van der Waals surface area contributed by atoms with Crippen LogP contribution in [0.3, 0.4) is 0 Å². The van der Waals surface area contributed by atoms with Gasteiger partial charge >= 0.3 is 0 Å². The zero-order chi connectivity index (χ0) is 14.6. The minimum absolute atomic E-state index is 0.105. The van der Waals surface area contributed by atoms with Crippen molar-refractivity contribution < 1.29 is 14.0 Å². The Morgan fingerprint density at radius 2 is 1.95 bits per heavy atom. The second kappa shape index (κ2) is 5.69. The largest absolute Gasteiger partial charge is 0.396 e. The average molecular weight is 267 g/mol. The van der Waals surface area contributed by atoms with E-state index in [4.69, 9.17) is 5.73 Å². The molecule has 4 N–H and O–H groups in total. The van der Waals surface area contributed by atoms with Crippen molar-refractivity contribution in [3.8, 4) is 0 Å². The molecular formula is C13H18FN3O2. The van der Waals surface area contributed by atoms with Crippen LogP contribution in [0.5, 0.6) is 0 Å². The maximum absolute atomic E-state index is 12.9. The quantitative estimate of drug-likeness (QED) is 0.716. The molecule has 0 atom stereocenters. The van der Waals surface area contributed by atoms with Crippen LogP contribution in [0.2, 0.25) is 0 Å². The third-order valence-electron chi connectivity index (χ3n) is 2.18. The lowest BCUT2D eigenvalue weighted by atomic mass is 10.1. The molecule has 0 spiro atoms. The fraction of sp³-hybridized carbons (Fsp3) is 0.385. The lowest BCUT2D eigenvalue weighted by Crippen LogP contribution is -2.45. The summed E-state index contributed by atoms with van der Waals surface area (Å²) in [6.45, 7) is 5.38. The fourth-order valence-corrected chi connectivity index (χ4v) is 1.41. The molecular weight excluding hydrogens is 249 g/mol. The smallest absolute Gasteiger partial charge is 0.251 e. The van der Waals surface area contributed by atoms with E-state index in [9.17, 15) is 14.0 Å². The summed E-state index contributed by atoms with van der Waals surface area (Å²) in [5.74, 6) is -1.35. The van der Waals surface area contributed by atoms with Crippen molar-refractivity contribution in [2.75, 3.05) is 12.3 Å². The summed E-state index contributed by atoms with van der Waals surface area (Å²) in [7, 11) is 0. The third kappa shape index (κ3) is 4.95. The van der Waals surface area contributed by atoms with E-state index in [2.05, 4.69) is 10.6 Å². The van der Waals surface area contributed by atoms with Crippen LogP contribution in [0, 0.1) is 5.82 Å². The Balaban J connectivity index is 2.56. The molecule has 6 heteroatoms. The van der Waals surface area contributed by atoms with E-state index >= 15 is 0 Å². The lowest BCUT2D eigenvalue weighted by Gasteiger charge is -2.20. The first-order valence-corrected chi connectivity index (χ1v) is 5.83. The predicted molar refractivity (Wildman–Crippen MR) is 71.0 cm³/mol. The van der Waals surface area contributed by atoms with Crippen molar-refractivity contribution in [2.24, 2.45) is 0 Å². The Kier molecular flexibility index (Phi) is 4.47. The molecule has 0 aliphatic rings. The molecule has 104 valence electrons. The lowest BCUT2D eigenvalue weighted by molar-refractivity contribution is -0.121. The maximum Gasteiger partial charge on any atom is 0.251 e. The van der Waals surface area contributed by atoms with E-state index in [0.29, 0.717) is 0 Å². The molecule has 1 rings (SSSR count). The number of nitrogens with two attached hydrogens (primary N) is 1. The number of carbonyl (C=O) groups excluding carboxylic acids is 2. The monoisotopic (exact) mass is 267 g/mol. The number of benzene rings is 1. The number of nitrogen functional groups attached to an aromatic ring is 1. The van der Waals surface area contributed by atoms with Gasteiger partial charge in [-0.2, -0.15) is 0 Å². The minimum atomic E-state index is -0.581. The molecule has 0 heterocycles. The fourth-order valence-electron chi connectivity index (χ4n) is 1.41. The first-order valence-electron chi connectivity index (χ1n) is 5.83. The number of nitrogens with one attached hydrogen (secondary N) is 2. The van der Waals surface area contributed by atoms with Gasteiger partial charge in [0.1, 0.15) is 5.82 Å². The molecule has 0 aliphatic heterocycles. The minimum Gasteiger partial charge on any atom is -0.396 e. The van der Waals surface area contributed by atoms with Crippen molar-refractivity contribution in [1.82, 2.24) is 10.6 Å². The third-order valence-corrected chi connectivity index (χ3v) is 2.18. The van der Waals surface area contributed by atoms with Crippen molar-refractivity contribution in [2.45, 2.75) is 26.3 Å². The van der Waals surface area contributed by atoms with E-state index in [-0.39, 0.29) is 29.2 Å².